The van der Waals surface area contributed by atoms with Gasteiger partial charge in [0.15, 0.2) is 0 Å². The van der Waals surface area contributed by atoms with Crippen molar-refractivity contribution in [2.75, 3.05) is 20.2 Å². The number of amides is 3. The van der Waals surface area contributed by atoms with E-state index in [2.05, 4.69) is 93.0 Å². The Morgan fingerprint density at radius 1 is 0.981 bits per heavy atom. The average molecular weight is 724 g/mol. The number of nitrogens with zero attached hydrogens (tertiary/aromatic N) is 4. The molecule has 11 nitrogen and oxygen atoms in total. The number of likely N-dealkylation sites (tertiary alicyclic amines) is 1. The van der Waals surface area contributed by atoms with Crippen LogP contribution in [0.2, 0.25) is 0 Å². The maximum Gasteiger partial charge on any atom is 0.407 e. The Labute approximate surface area is 314 Å². The Hall–Kier alpha value is -6.19. The number of imidazole rings is 2. The summed E-state index contributed by atoms with van der Waals surface area (Å²) in [4.78, 5) is 58.0. The van der Waals surface area contributed by atoms with E-state index in [-0.39, 0.29) is 24.4 Å². The number of carbonyl (C=O) groups excluding carboxylic acids is 3. The molecule has 0 saturated carbocycles. The number of carbonyl (C=O) groups is 3. The smallest absolute Gasteiger partial charge is 0.407 e. The van der Waals surface area contributed by atoms with Crippen LogP contribution in [0.25, 0.3) is 54.8 Å². The summed E-state index contributed by atoms with van der Waals surface area (Å²) < 4.78 is 4.68. The van der Waals surface area contributed by atoms with Crippen LogP contribution in [-0.4, -0.2) is 73.9 Å². The van der Waals surface area contributed by atoms with Crippen molar-refractivity contribution in [3.05, 3.63) is 103 Å². The van der Waals surface area contributed by atoms with Crippen molar-refractivity contribution in [1.82, 2.24) is 35.1 Å². The molecule has 6 aromatic rings. The van der Waals surface area contributed by atoms with Gasteiger partial charge in [0, 0.05) is 43.0 Å². The lowest BCUT2D eigenvalue weighted by atomic mass is 9.91. The van der Waals surface area contributed by atoms with Crippen molar-refractivity contribution >= 4 is 50.2 Å². The highest BCUT2D eigenvalue weighted by atomic mass is 16.5. The van der Waals surface area contributed by atoms with Gasteiger partial charge in [0.05, 0.1) is 31.1 Å². The number of benzene rings is 4. The van der Waals surface area contributed by atoms with E-state index in [1.165, 1.54) is 7.11 Å². The fraction of sp³-hybridized carbons (Fsp3) is 0.302. The molecule has 1 saturated heterocycles. The van der Waals surface area contributed by atoms with E-state index in [9.17, 15) is 14.4 Å². The molecule has 2 atom stereocenters. The van der Waals surface area contributed by atoms with E-state index in [0.717, 1.165) is 86.5 Å². The molecule has 0 radical (unpaired) electrons. The van der Waals surface area contributed by atoms with E-state index >= 15 is 0 Å². The van der Waals surface area contributed by atoms with Gasteiger partial charge in [-0.25, -0.2) is 14.8 Å². The summed E-state index contributed by atoms with van der Waals surface area (Å²) >= 11 is 0. The molecule has 7 rings (SSSR count). The molecule has 0 spiro atoms. The number of nitrogens with one attached hydrogen (secondary N) is 3. The van der Waals surface area contributed by atoms with Gasteiger partial charge in [0.2, 0.25) is 11.8 Å². The number of rotatable bonds is 12. The van der Waals surface area contributed by atoms with Crippen LogP contribution in [-0.2, 0) is 20.9 Å². The second-order valence-electron chi connectivity index (χ2n) is 13.8. The maximum atomic E-state index is 13.3. The summed E-state index contributed by atoms with van der Waals surface area (Å²) in [6, 6.07) is 20.6. The molecule has 2 unspecified atom stereocenters. The van der Waals surface area contributed by atoms with Gasteiger partial charge in [-0.15, -0.1) is 5.73 Å². The largest absolute Gasteiger partial charge is 0.453 e. The lowest BCUT2D eigenvalue weighted by Crippen LogP contribution is -2.47. The molecule has 1 aliphatic rings. The molecule has 1 aliphatic heterocycles. The molecular weight excluding hydrogens is 679 g/mol. The fourth-order valence-electron chi connectivity index (χ4n) is 7.57. The van der Waals surface area contributed by atoms with Crippen molar-refractivity contribution in [2.24, 2.45) is 0 Å². The molecule has 0 aliphatic carbocycles. The van der Waals surface area contributed by atoms with Crippen LogP contribution in [0.15, 0.2) is 91.4 Å². The number of alkyl carbamates (subject to hydrolysis) is 1. The lowest BCUT2D eigenvalue weighted by molar-refractivity contribution is -0.133. The molecule has 3 amide bonds. The molecule has 1 fully saturated rings. The second-order valence-corrected chi connectivity index (χ2v) is 13.8. The minimum absolute atomic E-state index is 0.0111. The standard InChI is InChI=1S/C43H45N7O4/c1-5-7-10-20-49(42(52)27(3)46-43(53)54-4)26-39-44-24-36(47-39)28-16-18-32-33-19-17-29(23-35(33)31-14-9-8-13-30(31)34(32)22-28)37-25-45-41(48-37)38-15-11-21-50(38)40(51)12-6-2/h7-9,13-14,16-19,22-25,27,38H,1,6,10-12,15,20-21,26H2,2-4H3,(H,44,47)(H,45,48)(H,46,53). The highest BCUT2D eigenvalue weighted by Gasteiger charge is 2.31. The minimum atomic E-state index is -0.777. The first-order valence-corrected chi connectivity index (χ1v) is 18.5. The topological polar surface area (TPSA) is 136 Å². The number of hydrogen-bond acceptors (Lipinski definition) is 6. The van der Waals surface area contributed by atoms with E-state index in [1.807, 2.05) is 24.2 Å². The van der Waals surface area contributed by atoms with Crippen molar-refractivity contribution in [1.29, 1.82) is 0 Å². The number of aromatic amines is 2. The highest BCUT2D eigenvalue weighted by molar-refractivity contribution is 6.26. The third-order valence-corrected chi connectivity index (χ3v) is 10.2. The third kappa shape index (κ3) is 7.23. The Kier molecular flexibility index (Phi) is 10.6. The summed E-state index contributed by atoms with van der Waals surface area (Å²) in [6.45, 7) is 8.70. The van der Waals surface area contributed by atoms with Gasteiger partial charge in [-0.2, -0.15) is 0 Å². The first-order valence-electron chi connectivity index (χ1n) is 18.5. The van der Waals surface area contributed by atoms with Crippen LogP contribution in [0.3, 0.4) is 0 Å². The number of ether oxygens (including phenoxy) is 1. The maximum absolute atomic E-state index is 13.3. The number of methoxy groups -OCH3 is 1. The monoisotopic (exact) mass is 723 g/mol. The number of aromatic nitrogens is 4. The zero-order valence-corrected chi connectivity index (χ0v) is 30.9. The van der Waals surface area contributed by atoms with E-state index in [1.54, 1.807) is 17.9 Å². The second kappa shape index (κ2) is 15.8. The fourth-order valence-corrected chi connectivity index (χ4v) is 7.57. The summed E-state index contributed by atoms with van der Waals surface area (Å²) in [5, 5.41) is 9.36. The highest BCUT2D eigenvalue weighted by Crippen LogP contribution is 2.39. The number of H-pyrrole nitrogens is 2. The Morgan fingerprint density at radius 2 is 1.63 bits per heavy atom. The Bertz CT molecular complexity index is 2390. The summed E-state index contributed by atoms with van der Waals surface area (Å²) in [7, 11) is 1.26. The SMILES string of the molecule is C=C=CCCN(Cc1nc(-c2ccc3c4ccc(-c5c[nH]c(C6CCCN6C(=O)CCC)n5)cc4c4ccccc4c3c2)c[nH]1)C(=O)C(C)NC(=O)OC. The zero-order chi connectivity index (χ0) is 37.8. The molecule has 2 aromatic heterocycles. The Morgan fingerprint density at radius 3 is 2.28 bits per heavy atom. The van der Waals surface area contributed by atoms with Crippen LogP contribution in [0, 0.1) is 0 Å². The quantitative estimate of drug-likeness (QED) is 0.0861. The van der Waals surface area contributed by atoms with E-state index in [4.69, 9.17) is 9.97 Å². The van der Waals surface area contributed by atoms with Crippen LogP contribution < -0.4 is 5.32 Å². The van der Waals surface area contributed by atoms with E-state index < -0.39 is 12.1 Å². The molecule has 54 heavy (non-hydrogen) atoms. The molecule has 276 valence electrons. The van der Waals surface area contributed by atoms with Gasteiger partial charge in [-0.05, 0) is 83.1 Å². The van der Waals surface area contributed by atoms with Gasteiger partial charge in [0.25, 0.3) is 0 Å². The third-order valence-electron chi connectivity index (χ3n) is 10.2. The van der Waals surface area contributed by atoms with Crippen LogP contribution in [0.4, 0.5) is 4.79 Å². The van der Waals surface area contributed by atoms with Crippen molar-refractivity contribution < 1.29 is 19.1 Å². The van der Waals surface area contributed by atoms with Gasteiger partial charge in [0.1, 0.15) is 17.7 Å². The number of fused-ring (bicyclic) bond motifs is 6. The molecule has 3 heterocycles. The minimum Gasteiger partial charge on any atom is -0.453 e. The van der Waals surface area contributed by atoms with Crippen molar-refractivity contribution in [3.63, 3.8) is 0 Å². The molecular formula is C43H45N7O4. The predicted octanol–water partition coefficient (Wildman–Crippen LogP) is 8.19. The number of hydrogen-bond donors (Lipinski definition) is 3. The molecule has 4 aromatic carbocycles. The lowest BCUT2D eigenvalue weighted by Gasteiger charge is -2.24. The first kappa shape index (κ1) is 36.2. The molecule has 0 bridgehead atoms. The predicted molar refractivity (Wildman–Crippen MR) is 211 cm³/mol. The molecule has 3 N–H and O–H groups in total. The Balaban J connectivity index is 1.19. The van der Waals surface area contributed by atoms with Gasteiger partial charge in [-0.3, -0.25) is 9.59 Å². The van der Waals surface area contributed by atoms with Gasteiger partial charge < -0.3 is 29.8 Å². The normalized spacial score (nSPS) is 14.6. The van der Waals surface area contributed by atoms with Crippen molar-refractivity contribution in [2.45, 2.75) is 64.6 Å². The van der Waals surface area contributed by atoms with E-state index in [0.29, 0.717) is 25.2 Å². The zero-order valence-electron chi connectivity index (χ0n) is 30.9. The summed E-state index contributed by atoms with van der Waals surface area (Å²) in [6.07, 6.45) is 8.78. The first-order chi connectivity index (χ1) is 26.3. The molecule has 11 heteroatoms. The summed E-state index contributed by atoms with van der Waals surface area (Å²) in [5.41, 5.74) is 6.33. The van der Waals surface area contributed by atoms with Crippen molar-refractivity contribution in [3.8, 4) is 22.5 Å². The van der Waals surface area contributed by atoms with Gasteiger partial charge >= 0.3 is 6.09 Å². The van der Waals surface area contributed by atoms with Crippen LogP contribution in [0.5, 0.6) is 0 Å². The summed E-state index contributed by atoms with van der Waals surface area (Å²) in [5.74, 6) is 1.41. The van der Waals surface area contributed by atoms with Gasteiger partial charge in [-0.1, -0.05) is 62.0 Å². The van der Waals surface area contributed by atoms with Crippen LogP contribution in [0.1, 0.15) is 63.6 Å². The van der Waals surface area contributed by atoms with Crippen LogP contribution >= 0.6 is 0 Å². The average Bonchev–Trinajstić information content (AvgIpc) is 3.99.